The molecule has 0 spiro atoms. The zero-order valence-electron chi connectivity index (χ0n) is 8.43. The number of carbonyl (C=O) groups is 1. The summed E-state index contributed by atoms with van der Waals surface area (Å²) >= 11 is 0. The molecule has 0 aromatic carbocycles. The van der Waals surface area contributed by atoms with Crippen molar-refractivity contribution in [2.45, 2.75) is 6.92 Å². The van der Waals surface area contributed by atoms with E-state index in [9.17, 15) is 4.79 Å². The maximum atomic E-state index is 11.0. The fraction of sp³-hybridized carbons (Fsp3) is 0.222. The Kier molecular flexibility index (Phi) is 23.4. The molecule has 0 fully saturated rings. The van der Waals surface area contributed by atoms with E-state index in [1.54, 1.807) is 25.2 Å². The number of halogens is 2. The summed E-state index contributed by atoms with van der Waals surface area (Å²) in [7, 11) is 0. The third kappa shape index (κ3) is 9.28. The minimum Gasteiger partial charge on any atom is -1.00 e. The van der Waals surface area contributed by atoms with Gasteiger partial charge in [0.15, 0.2) is 0 Å². The number of carbonyl (C=O) groups excluding carboxylic acids is 1. The predicted octanol–water partition coefficient (Wildman–Crippen LogP) is -4.64. The van der Waals surface area contributed by atoms with Gasteiger partial charge in [-0.05, 0) is 19.1 Å². The Morgan fingerprint density at radius 2 is 1.93 bits per heavy atom. The average Bonchev–Trinajstić information content (AvgIpc) is 2.07. The summed E-state index contributed by atoms with van der Waals surface area (Å²) < 4.78 is 4.76. The van der Waals surface area contributed by atoms with Gasteiger partial charge in [-0.2, -0.15) is 0 Å². The Morgan fingerprint density at radius 1 is 1.33 bits per heavy atom. The first-order valence-electron chi connectivity index (χ1n) is 3.39. The largest absolute Gasteiger partial charge is 1.00 e. The number of allylic oxidation sites excluding steroid dienone is 2. The van der Waals surface area contributed by atoms with E-state index in [-0.39, 0.29) is 69.7 Å². The van der Waals surface area contributed by atoms with E-state index in [0.29, 0.717) is 12.2 Å². The topological polar surface area (TPSA) is 26.3 Å². The van der Waals surface area contributed by atoms with Gasteiger partial charge in [0.25, 0.3) is 0 Å². The van der Waals surface area contributed by atoms with Crippen molar-refractivity contribution < 1.29 is 73.3 Å². The standard InChI is InChI=1S/C9H8O2.2ClH.2Zn/c1-2-11-9(10)8-6-4-3-5-7-8;;;;/h4,6-7H,2H2,1H3;2*1H;;/p-2. The van der Waals surface area contributed by atoms with E-state index < -0.39 is 0 Å². The van der Waals surface area contributed by atoms with Gasteiger partial charge in [-0.3, -0.25) is 0 Å². The predicted molar refractivity (Wildman–Crippen MR) is 40.9 cm³/mol. The smallest absolute Gasteiger partial charge is 0.338 e. The fourth-order valence-electron chi connectivity index (χ4n) is 0.688. The van der Waals surface area contributed by atoms with E-state index in [1.807, 2.05) is 0 Å². The van der Waals surface area contributed by atoms with Crippen LogP contribution in [0.3, 0.4) is 0 Å². The van der Waals surface area contributed by atoms with Crippen LogP contribution in [0.1, 0.15) is 6.92 Å². The van der Waals surface area contributed by atoms with Gasteiger partial charge in [-0.15, -0.1) is 0 Å². The van der Waals surface area contributed by atoms with E-state index in [1.165, 1.54) is 0 Å². The first-order chi connectivity index (χ1) is 5.34. The van der Waals surface area contributed by atoms with Crippen molar-refractivity contribution in [1.82, 2.24) is 0 Å². The molecule has 0 aliphatic heterocycles. The summed E-state index contributed by atoms with van der Waals surface area (Å²) in [5.41, 5.74) is 5.89. The van der Waals surface area contributed by atoms with Gasteiger partial charge < -0.3 is 29.6 Å². The number of hydrogen-bond donors (Lipinski definition) is 0. The molecule has 0 aromatic heterocycles. The quantitative estimate of drug-likeness (QED) is 0.285. The van der Waals surface area contributed by atoms with Gasteiger partial charge in [-0.25, -0.2) is 4.79 Å². The van der Waals surface area contributed by atoms with Crippen LogP contribution < -0.4 is 24.8 Å². The van der Waals surface area contributed by atoms with Crippen molar-refractivity contribution in [3.63, 3.8) is 0 Å². The van der Waals surface area contributed by atoms with Gasteiger partial charge >= 0.3 is 5.97 Å². The second kappa shape index (κ2) is 14.3. The molecular weight excluding hydrogens is 342 g/mol. The van der Waals surface area contributed by atoms with Crippen LogP contribution in [0, 0.1) is 0 Å². The Labute approximate surface area is 127 Å². The number of ether oxygens (including phenoxy) is 1. The van der Waals surface area contributed by atoms with Gasteiger partial charge in [0.2, 0.25) is 0 Å². The molecule has 0 aromatic rings. The summed E-state index contributed by atoms with van der Waals surface area (Å²) in [6.07, 6.45) is 4.83. The van der Waals surface area contributed by atoms with Crippen LogP contribution >= 0.6 is 0 Å². The summed E-state index contributed by atoms with van der Waals surface area (Å²) in [5.74, 6) is -0.308. The Balaban J connectivity index is -0.000000151. The molecule has 0 bridgehead atoms. The van der Waals surface area contributed by atoms with Crippen molar-refractivity contribution >= 4 is 5.97 Å². The molecule has 2 nitrogen and oxygen atoms in total. The maximum Gasteiger partial charge on any atom is 0.338 e. The van der Waals surface area contributed by atoms with E-state index in [4.69, 9.17) is 4.74 Å². The van der Waals surface area contributed by atoms with Crippen LogP contribution in [0.5, 0.6) is 0 Å². The maximum absolute atomic E-state index is 11.0. The second-order valence-electron chi connectivity index (χ2n) is 1.94. The van der Waals surface area contributed by atoms with Crippen LogP contribution in [-0.4, -0.2) is 12.6 Å². The molecular formula is C9H8Cl2O2Zn2-2. The molecule has 1 aliphatic rings. The molecule has 0 N–H and O–H groups in total. The first-order valence-corrected chi connectivity index (χ1v) is 3.39. The van der Waals surface area contributed by atoms with Crippen LogP contribution in [0.4, 0.5) is 0 Å². The second-order valence-corrected chi connectivity index (χ2v) is 1.94. The minimum atomic E-state index is -0.308. The summed E-state index contributed by atoms with van der Waals surface area (Å²) in [4.78, 5) is 11.0. The van der Waals surface area contributed by atoms with Gasteiger partial charge in [0.05, 0.1) is 12.2 Å². The molecule has 15 heavy (non-hydrogen) atoms. The molecule has 0 amide bonds. The Morgan fingerprint density at radius 3 is 2.33 bits per heavy atom. The molecule has 0 unspecified atom stereocenters. The van der Waals surface area contributed by atoms with Crippen LogP contribution in [-0.2, 0) is 48.5 Å². The van der Waals surface area contributed by atoms with Gasteiger partial charge in [-0.1, -0.05) is 11.5 Å². The SMILES string of the molecule is CCOC(=O)C1=CC=C=C=C1.[Cl-].[Cl-].[Zn].[Zn]. The van der Waals surface area contributed by atoms with Gasteiger partial charge in [0.1, 0.15) is 0 Å². The third-order valence-electron chi connectivity index (χ3n) is 1.17. The number of rotatable bonds is 2. The van der Waals surface area contributed by atoms with Crippen molar-refractivity contribution in [3.05, 3.63) is 35.3 Å². The molecule has 1 rings (SSSR count). The molecule has 76 valence electrons. The summed E-state index contributed by atoms with van der Waals surface area (Å²) in [5, 5.41) is 0. The summed E-state index contributed by atoms with van der Waals surface area (Å²) in [6.45, 7) is 2.17. The molecule has 6 heteroatoms. The zero-order valence-corrected chi connectivity index (χ0v) is 15.9. The number of hydrogen-bond acceptors (Lipinski definition) is 2. The van der Waals surface area contributed by atoms with Crippen molar-refractivity contribution in [2.75, 3.05) is 6.61 Å². The molecule has 0 heterocycles. The van der Waals surface area contributed by atoms with Crippen molar-refractivity contribution in [3.8, 4) is 0 Å². The minimum absolute atomic E-state index is 0. The van der Waals surface area contributed by atoms with E-state index >= 15 is 0 Å². The monoisotopic (exact) mass is 346 g/mol. The normalized spacial score (nSPS) is 9.53. The number of esters is 1. The van der Waals surface area contributed by atoms with Crippen molar-refractivity contribution in [1.29, 1.82) is 0 Å². The molecule has 0 saturated heterocycles. The van der Waals surface area contributed by atoms with E-state index in [2.05, 4.69) is 11.5 Å². The zero-order chi connectivity index (χ0) is 8.10. The Hall–Kier alpha value is 0.337. The van der Waals surface area contributed by atoms with Gasteiger partial charge in [0, 0.05) is 45.0 Å². The molecule has 0 radical (unpaired) electrons. The first kappa shape index (κ1) is 24.5. The van der Waals surface area contributed by atoms with Crippen LogP contribution in [0.2, 0.25) is 0 Å². The molecule has 0 saturated carbocycles. The van der Waals surface area contributed by atoms with Crippen LogP contribution in [0.25, 0.3) is 0 Å². The summed E-state index contributed by atoms with van der Waals surface area (Å²) in [6, 6.07) is 0. The third-order valence-corrected chi connectivity index (χ3v) is 1.17. The Bertz CT molecular complexity index is 301. The van der Waals surface area contributed by atoms with E-state index in [0.717, 1.165) is 0 Å². The van der Waals surface area contributed by atoms with Crippen molar-refractivity contribution in [2.24, 2.45) is 0 Å². The molecule has 0 atom stereocenters. The fourth-order valence-corrected chi connectivity index (χ4v) is 0.688. The molecule has 1 aliphatic carbocycles. The van der Waals surface area contributed by atoms with Crippen LogP contribution in [0.15, 0.2) is 35.3 Å². The average molecular weight is 350 g/mol.